The SMILES string of the molecule is O=C(Nc1cc(Cl)cc(C(F)(F)F)c1)C1CC2CC2C1. The average molecular weight is 304 g/mol. The molecule has 20 heavy (non-hydrogen) atoms. The Morgan fingerprint density at radius 1 is 1.15 bits per heavy atom. The van der Waals surface area contributed by atoms with Gasteiger partial charge in [0.2, 0.25) is 5.91 Å². The minimum Gasteiger partial charge on any atom is -0.326 e. The summed E-state index contributed by atoms with van der Waals surface area (Å²) >= 11 is 5.68. The number of hydrogen-bond acceptors (Lipinski definition) is 1. The first-order chi connectivity index (χ1) is 9.33. The van der Waals surface area contributed by atoms with Crippen LogP contribution in [0.4, 0.5) is 18.9 Å². The van der Waals surface area contributed by atoms with Crippen molar-refractivity contribution in [2.24, 2.45) is 17.8 Å². The van der Waals surface area contributed by atoms with E-state index in [-0.39, 0.29) is 22.5 Å². The van der Waals surface area contributed by atoms with Gasteiger partial charge in [0.1, 0.15) is 0 Å². The smallest absolute Gasteiger partial charge is 0.326 e. The van der Waals surface area contributed by atoms with Gasteiger partial charge in [-0.25, -0.2) is 0 Å². The molecule has 0 saturated heterocycles. The molecule has 0 heterocycles. The number of benzene rings is 1. The highest BCUT2D eigenvalue weighted by atomic mass is 35.5. The van der Waals surface area contributed by atoms with Gasteiger partial charge in [0.05, 0.1) is 5.56 Å². The van der Waals surface area contributed by atoms with Crippen LogP contribution in [-0.2, 0) is 11.0 Å². The number of carbonyl (C=O) groups is 1. The van der Waals surface area contributed by atoms with Crippen LogP contribution < -0.4 is 5.32 Å². The molecular weight excluding hydrogens is 291 g/mol. The number of anilines is 1. The first kappa shape index (κ1) is 13.7. The molecule has 0 aliphatic heterocycles. The summed E-state index contributed by atoms with van der Waals surface area (Å²) in [6, 6.07) is 3.10. The fourth-order valence-electron chi connectivity index (χ4n) is 3.00. The van der Waals surface area contributed by atoms with Crippen LogP contribution in [0.2, 0.25) is 5.02 Å². The third-order valence-corrected chi connectivity index (χ3v) is 4.33. The summed E-state index contributed by atoms with van der Waals surface area (Å²) in [6.45, 7) is 0. The monoisotopic (exact) mass is 303 g/mol. The van der Waals surface area contributed by atoms with Gasteiger partial charge >= 0.3 is 6.18 Å². The molecule has 0 bridgehead atoms. The molecule has 0 spiro atoms. The van der Waals surface area contributed by atoms with Gasteiger partial charge in [-0.15, -0.1) is 0 Å². The maximum absolute atomic E-state index is 12.7. The van der Waals surface area contributed by atoms with E-state index < -0.39 is 11.7 Å². The number of carbonyl (C=O) groups excluding carboxylic acids is 1. The molecule has 1 aromatic carbocycles. The minimum atomic E-state index is -4.47. The Morgan fingerprint density at radius 3 is 2.40 bits per heavy atom. The van der Waals surface area contributed by atoms with Crippen LogP contribution in [0.3, 0.4) is 0 Å². The summed E-state index contributed by atoms with van der Waals surface area (Å²) in [7, 11) is 0. The van der Waals surface area contributed by atoms with Crippen molar-refractivity contribution < 1.29 is 18.0 Å². The second-order valence-corrected chi connectivity index (χ2v) is 6.08. The van der Waals surface area contributed by atoms with E-state index in [1.165, 1.54) is 12.5 Å². The molecule has 2 nitrogen and oxygen atoms in total. The normalized spacial score (nSPS) is 28.1. The Hall–Kier alpha value is -1.23. The Bertz CT molecular complexity index is 548. The first-order valence-electron chi connectivity index (χ1n) is 6.51. The predicted molar refractivity (Wildman–Crippen MR) is 69.4 cm³/mol. The fourth-order valence-corrected chi connectivity index (χ4v) is 3.23. The molecule has 2 unspecified atom stereocenters. The Morgan fingerprint density at radius 2 is 1.80 bits per heavy atom. The lowest BCUT2D eigenvalue weighted by Gasteiger charge is -2.14. The molecule has 2 aliphatic rings. The number of amides is 1. The van der Waals surface area contributed by atoms with E-state index in [4.69, 9.17) is 11.6 Å². The molecule has 2 aliphatic carbocycles. The third kappa shape index (κ3) is 2.77. The zero-order chi connectivity index (χ0) is 14.5. The Kier molecular flexibility index (Phi) is 3.20. The van der Waals surface area contributed by atoms with Crippen molar-refractivity contribution in [3.63, 3.8) is 0 Å². The van der Waals surface area contributed by atoms with Crippen LogP contribution in [0.15, 0.2) is 18.2 Å². The molecular formula is C14H13ClF3NO. The van der Waals surface area contributed by atoms with Crippen molar-refractivity contribution in [1.29, 1.82) is 0 Å². The molecule has 1 amide bonds. The van der Waals surface area contributed by atoms with E-state index in [0.717, 1.165) is 25.0 Å². The minimum absolute atomic E-state index is 0.0376. The number of halogens is 4. The van der Waals surface area contributed by atoms with Crippen molar-refractivity contribution in [1.82, 2.24) is 0 Å². The fraction of sp³-hybridized carbons (Fsp3) is 0.500. The van der Waals surface area contributed by atoms with E-state index in [9.17, 15) is 18.0 Å². The van der Waals surface area contributed by atoms with E-state index in [1.807, 2.05) is 0 Å². The van der Waals surface area contributed by atoms with Crippen molar-refractivity contribution in [3.05, 3.63) is 28.8 Å². The van der Waals surface area contributed by atoms with E-state index in [1.54, 1.807) is 0 Å². The number of alkyl halides is 3. The lowest BCUT2D eigenvalue weighted by molar-refractivity contribution is -0.137. The summed E-state index contributed by atoms with van der Waals surface area (Å²) in [4.78, 5) is 12.0. The maximum atomic E-state index is 12.7. The molecule has 0 aromatic heterocycles. The number of rotatable bonds is 2. The van der Waals surface area contributed by atoms with Crippen molar-refractivity contribution >= 4 is 23.2 Å². The lowest BCUT2D eigenvalue weighted by Crippen LogP contribution is -2.22. The highest BCUT2D eigenvalue weighted by Crippen LogP contribution is 2.54. The molecule has 108 valence electrons. The molecule has 2 saturated carbocycles. The van der Waals surface area contributed by atoms with Gasteiger partial charge in [0.15, 0.2) is 0 Å². The van der Waals surface area contributed by atoms with Crippen LogP contribution in [0, 0.1) is 17.8 Å². The second-order valence-electron chi connectivity index (χ2n) is 5.64. The van der Waals surface area contributed by atoms with Gasteiger partial charge in [-0.2, -0.15) is 13.2 Å². The van der Waals surface area contributed by atoms with Crippen LogP contribution in [-0.4, -0.2) is 5.91 Å². The largest absolute Gasteiger partial charge is 0.416 e. The quantitative estimate of drug-likeness (QED) is 0.865. The van der Waals surface area contributed by atoms with Crippen molar-refractivity contribution in [2.75, 3.05) is 5.32 Å². The standard InChI is InChI=1S/C14H13ClF3NO/c15-11-4-10(14(16,17)18)5-12(6-11)19-13(20)9-2-7-1-8(7)3-9/h4-9H,1-3H2,(H,19,20). The van der Waals surface area contributed by atoms with Gasteiger partial charge in [0, 0.05) is 16.6 Å². The molecule has 1 N–H and O–H groups in total. The molecule has 2 atom stereocenters. The van der Waals surface area contributed by atoms with E-state index >= 15 is 0 Å². The summed E-state index contributed by atoms with van der Waals surface area (Å²) < 4.78 is 38.0. The lowest BCUT2D eigenvalue weighted by atomic mass is 10.0. The predicted octanol–water partition coefficient (Wildman–Crippen LogP) is 4.34. The second kappa shape index (κ2) is 4.65. The molecule has 1 aromatic rings. The zero-order valence-electron chi connectivity index (χ0n) is 10.5. The highest BCUT2D eigenvalue weighted by molar-refractivity contribution is 6.31. The average Bonchev–Trinajstić information content (AvgIpc) is 2.94. The van der Waals surface area contributed by atoms with Gasteiger partial charge in [-0.05, 0) is 49.3 Å². The highest BCUT2D eigenvalue weighted by Gasteiger charge is 2.48. The summed E-state index contributed by atoms with van der Waals surface area (Å²) in [5.41, 5.74) is -0.745. The summed E-state index contributed by atoms with van der Waals surface area (Å²) in [5.74, 6) is 1.02. The molecule has 2 fully saturated rings. The Labute approximate surface area is 119 Å². The van der Waals surface area contributed by atoms with Gasteiger partial charge in [-0.3, -0.25) is 4.79 Å². The van der Waals surface area contributed by atoms with Crippen molar-refractivity contribution in [3.8, 4) is 0 Å². The molecule has 6 heteroatoms. The van der Waals surface area contributed by atoms with Crippen LogP contribution in [0.25, 0.3) is 0 Å². The summed E-state index contributed by atoms with van der Waals surface area (Å²) in [5, 5.41) is 2.52. The Balaban J connectivity index is 1.73. The van der Waals surface area contributed by atoms with Gasteiger partial charge < -0.3 is 5.32 Å². The number of fused-ring (bicyclic) bond motifs is 1. The molecule has 0 radical (unpaired) electrons. The zero-order valence-corrected chi connectivity index (χ0v) is 11.3. The maximum Gasteiger partial charge on any atom is 0.416 e. The van der Waals surface area contributed by atoms with Crippen molar-refractivity contribution in [2.45, 2.75) is 25.4 Å². The van der Waals surface area contributed by atoms with Crippen LogP contribution >= 0.6 is 11.6 Å². The first-order valence-corrected chi connectivity index (χ1v) is 6.89. The van der Waals surface area contributed by atoms with E-state index in [2.05, 4.69) is 5.32 Å². The topological polar surface area (TPSA) is 29.1 Å². The van der Waals surface area contributed by atoms with Gasteiger partial charge in [0.25, 0.3) is 0 Å². The third-order valence-electron chi connectivity index (χ3n) is 4.11. The number of hydrogen-bond donors (Lipinski definition) is 1. The number of nitrogens with one attached hydrogen (secondary N) is 1. The summed E-state index contributed by atoms with van der Waals surface area (Å²) in [6.07, 6.45) is -1.58. The van der Waals surface area contributed by atoms with Gasteiger partial charge in [-0.1, -0.05) is 11.6 Å². The van der Waals surface area contributed by atoms with Crippen LogP contribution in [0.1, 0.15) is 24.8 Å². The van der Waals surface area contributed by atoms with E-state index in [0.29, 0.717) is 11.8 Å². The van der Waals surface area contributed by atoms with Crippen LogP contribution in [0.5, 0.6) is 0 Å². The molecule has 3 rings (SSSR count).